The van der Waals surface area contributed by atoms with Gasteiger partial charge in [-0.05, 0) is 32.9 Å². The van der Waals surface area contributed by atoms with E-state index in [1.54, 1.807) is 20.8 Å². The number of aromatic nitrogens is 3. The maximum atomic E-state index is 13.8. The number of sulfone groups is 1. The van der Waals surface area contributed by atoms with E-state index in [0.717, 1.165) is 0 Å². The van der Waals surface area contributed by atoms with Crippen LogP contribution in [0.15, 0.2) is 35.6 Å². The van der Waals surface area contributed by atoms with Crippen LogP contribution in [0.2, 0.25) is 0 Å². The first-order chi connectivity index (χ1) is 12.1. The number of ether oxygens (including phenoxy) is 1. The van der Waals surface area contributed by atoms with Crippen LogP contribution in [0.25, 0.3) is 16.6 Å². The van der Waals surface area contributed by atoms with Gasteiger partial charge in [0.25, 0.3) is 0 Å². The first kappa shape index (κ1) is 18.1. The molecule has 3 rings (SSSR count). The van der Waals surface area contributed by atoms with Gasteiger partial charge in [-0.2, -0.15) is 5.10 Å². The Hall–Kier alpha value is -2.68. The third-order valence-electron chi connectivity index (χ3n) is 4.08. The molecule has 3 heterocycles. The highest BCUT2D eigenvalue weighted by Crippen LogP contribution is 2.35. The standard InChI is InChI=1S/C17H19FN4O3S/c1-17(2,3)26(23,24)15-6-13-11(8-21-22(13)9-14(15)25-4)10-5-12(18)16(19)20-7-10/h5-9H,1-4H3,(H2,19,20). The van der Waals surface area contributed by atoms with E-state index in [2.05, 4.69) is 10.1 Å². The van der Waals surface area contributed by atoms with Gasteiger partial charge in [-0.3, -0.25) is 0 Å². The summed E-state index contributed by atoms with van der Waals surface area (Å²) in [5.74, 6) is -0.676. The third kappa shape index (κ3) is 2.78. The molecular formula is C17H19FN4O3S. The van der Waals surface area contributed by atoms with Crippen molar-refractivity contribution in [3.05, 3.63) is 36.5 Å². The number of pyridine rings is 2. The Morgan fingerprint density at radius 3 is 2.50 bits per heavy atom. The predicted molar refractivity (Wildman–Crippen MR) is 96.3 cm³/mol. The fraction of sp³-hybridized carbons (Fsp3) is 0.294. The zero-order chi connectivity index (χ0) is 19.3. The zero-order valence-electron chi connectivity index (χ0n) is 14.8. The summed E-state index contributed by atoms with van der Waals surface area (Å²) in [4.78, 5) is 3.86. The minimum Gasteiger partial charge on any atom is -0.494 e. The fourth-order valence-electron chi connectivity index (χ4n) is 2.50. The van der Waals surface area contributed by atoms with Crippen molar-refractivity contribution in [3.63, 3.8) is 0 Å². The van der Waals surface area contributed by atoms with Gasteiger partial charge in [0.1, 0.15) is 4.90 Å². The third-order valence-corrected chi connectivity index (χ3v) is 6.59. The van der Waals surface area contributed by atoms with Gasteiger partial charge in [-0.15, -0.1) is 0 Å². The van der Waals surface area contributed by atoms with E-state index in [1.165, 1.54) is 42.3 Å². The van der Waals surface area contributed by atoms with E-state index in [-0.39, 0.29) is 16.5 Å². The quantitative estimate of drug-likeness (QED) is 0.752. The van der Waals surface area contributed by atoms with E-state index in [1.807, 2.05) is 0 Å². The van der Waals surface area contributed by atoms with Crippen molar-refractivity contribution in [2.75, 3.05) is 12.8 Å². The molecule has 0 radical (unpaired) electrons. The number of methoxy groups -OCH3 is 1. The maximum absolute atomic E-state index is 13.8. The summed E-state index contributed by atoms with van der Waals surface area (Å²) in [6, 6.07) is 2.72. The minimum atomic E-state index is -3.68. The SMILES string of the molecule is COc1cn2ncc(-c3cnc(N)c(F)c3)c2cc1S(=O)(=O)C(C)(C)C. The van der Waals surface area contributed by atoms with Crippen molar-refractivity contribution in [1.29, 1.82) is 0 Å². The summed E-state index contributed by atoms with van der Waals surface area (Å²) in [6.07, 6.45) is 4.41. The first-order valence-electron chi connectivity index (χ1n) is 7.77. The topological polar surface area (TPSA) is 99.6 Å². The molecule has 0 unspecified atom stereocenters. The van der Waals surface area contributed by atoms with Crippen LogP contribution >= 0.6 is 0 Å². The Morgan fingerprint density at radius 1 is 1.23 bits per heavy atom. The Bertz CT molecular complexity index is 1100. The number of nitrogens with two attached hydrogens (primary N) is 1. The van der Waals surface area contributed by atoms with Gasteiger partial charge in [-0.1, -0.05) is 0 Å². The first-order valence-corrected chi connectivity index (χ1v) is 9.26. The lowest BCUT2D eigenvalue weighted by atomic mass is 10.1. The van der Waals surface area contributed by atoms with Gasteiger partial charge >= 0.3 is 0 Å². The van der Waals surface area contributed by atoms with Crippen LogP contribution in [0.4, 0.5) is 10.2 Å². The molecule has 3 aromatic rings. The number of nitrogen functional groups attached to an aromatic ring is 1. The van der Waals surface area contributed by atoms with Crippen LogP contribution in [-0.2, 0) is 9.84 Å². The van der Waals surface area contributed by atoms with Crippen molar-refractivity contribution >= 4 is 21.2 Å². The monoisotopic (exact) mass is 378 g/mol. The van der Waals surface area contributed by atoms with Gasteiger partial charge in [-0.25, -0.2) is 22.3 Å². The Balaban J connectivity index is 2.30. The number of fused-ring (bicyclic) bond motifs is 1. The predicted octanol–water partition coefficient (Wildman–Crippen LogP) is 2.70. The average molecular weight is 378 g/mol. The molecule has 0 amide bonds. The van der Waals surface area contributed by atoms with Gasteiger partial charge in [0.2, 0.25) is 0 Å². The molecular weight excluding hydrogens is 359 g/mol. The van der Waals surface area contributed by atoms with Crippen molar-refractivity contribution in [2.24, 2.45) is 0 Å². The molecule has 0 bridgehead atoms. The number of rotatable bonds is 3. The van der Waals surface area contributed by atoms with Crippen LogP contribution in [0, 0.1) is 5.82 Å². The molecule has 138 valence electrons. The number of hydrogen-bond acceptors (Lipinski definition) is 6. The summed E-state index contributed by atoms with van der Waals surface area (Å²) in [5, 5.41) is 4.20. The van der Waals surface area contributed by atoms with Crippen molar-refractivity contribution in [2.45, 2.75) is 30.4 Å². The molecule has 0 saturated heterocycles. The van der Waals surface area contributed by atoms with Gasteiger partial charge < -0.3 is 10.5 Å². The van der Waals surface area contributed by atoms with Crippen LogP contribution in [0.5, 0.6) is 5.75 Å². The summed E-state index contributed by atoms with van der Waals surface area (Å²) in [7, 11) is -2.28. The lowest BCUT2D eigenvalue weighted by Gasteiger charge is -2.21. The highest BCUT2D eigenvalue weighted by Gasteiger charge is 2.34. The number of nitrogens with zero attached hydrogens (tertiary/aromatic N) is 3. The van der Waals surface area contributed by atoms with E-state index in [9.17, 15) is 12.8 Å². The largest absolute Gasteiger partial charge is 0.494 e. The van der Waals surface area contributed by atoms with Crippen LogP contribution in [-0.4, -0.2) is 34.9 Å². The molecule has 0 saturated carbocycles. The molecule has 26 heavy (non-hydrogen) atoms. The molecule has 0 aliphatic rings. The number of anilines is 1. The minimum absolute atomic E-state index is 0.0469. The second-order valence-corrected chi connectivity index (χ2v) is 9.47. The van der Waals surface area contributed by atoms with Gasteiger partial charge in [0.15, 0.2) is 27.2 Å². The number of hydrogen-bond donors (Lipinski definition) is 1. The average Bonchev–Trinajstić information content (AvgIpc) is 2.98. The number of halogens is 1. The Morgan fingerprint density at radius 2 is 1.92 bits per heavy atom. The molecule has 0 aliphatic carbocycles. The van der Waals surface area contributed by atoms with Crippen molar-refractivity contribution < 1.29 is 17.5 Å². The molecule has 0 aromatic carbocycles. The molecule has 2 N–H and O–H groups in total. The van der Waals surface area contributed by atoms with Crippen molar-refractivity contribution in [3.8, 4) is 16.9 Å². The lowest BCUT2D eigenvalue weighted by molar-refractivity contribution is 0.398. The normalized spacial score (nSPS) is 12.5. The molecule has 7 nitrogen and oxygen atoms in total. The zero-order valence-corrected chi connectivity index (χ0v) is 15.6. The van der Waals surface area contributed by atoms with Crippen LogP contribution < -0.4 is 10.5 Å². The highest BCUT2D eigenvalue weighted by atomic mass is 32.2. The fourth-order valence-corrected chi connectivity index (χ4v) is 3.83. The van der Waals surface area contributed by atoms with Gasteiger partial charge in [0.05, 0.1) is 29.8 Å². The summed E-state index contributed by atoms with van der Waals surface area (Å²) in [5.41, 5.74) is 6.88. The summed E-state index contributed by atoms with van der Waals surface area (Å²) >= 11 is 0. The molecule has 0 spiro atoms. The van der Waals surface area contributed by atoms with E-state index < -0.39 is 20.4 Å². The Labute approximate surface area is 150 Å². The molecule has 9 heteroatoms. The molecule has 0 aliphatic heterocycles. The summed E-state index contributed by atoms with van der Waals surface area (Å²) in [6.45, 7) is 4.84. The second-order valence-electron chi connectivity index (χ2n) is 6.80. The maximum Gasteiger partial charge on any atom is 0.187 e. The molecule has 0 fully saturated rings. The van der Waals surface area contributed by atoms with E-state index >= 15 is 0 Å². The van der Waals surface area contributed by atoms with Gasteiger partial charge in [0, 0.05) is 17.3 Å². The van der Waals surface area contributed by atoms with Crippen LogP contribution in [0.1, 0.15) is 20.8 Å². The lowest BCUT2D eigenvalue weighted by Crippen LogP contribution is -2.28. The molecule has 0 atom stereocenters. The van der Waals surface area contributed by atoms with Crippen LogP contribution in [0.3, 0.4) is 0 Å². The highest BCUT2D eigenvalue weighted by molar-refractivity contribution is 7.92. The molecule has 3 aromatic heterocycles. The van der Waals surface area contributed by atoms with E-state index in [4.69, 9.17) is 10.5 Å². The van der Waals surface area contributed by atoms with E-state index in [0.29, 0.717) is 16.6 Å². The second kappa shape index (κ2) is 5.94. The van der Waals surface area contributed by atoms with Crippen molar-refractivity contribution in [1.82, 2.24) is 14.6 Å². The Kier molecular flexibility index (Phi) is 4.14. The smallest absolute Gasteiger partial charge is 0.187 e. The summed E-state index contributed by atoms with van der Waals surface area (Å²) < 4.78 is 45.4.